The maximum absolute atomic E-state index is 11.9. The van der Waals surface area contributed by atoms with Gasteiger partial charge in [0.2, 0.25) is 5.91 Å². The third-order valence-corrected chi connectivity index (χ3v) is 4.16. The van der Waals surface area contributed by atoms with Crippen LogP contribution in [0.25, 0.3) is 0 Å². The number of hydrogen-bond donors (Lipinski definition) is 3. The highest BCUT2D eigenvalue weighted by atomic mass is 16.2. The Morgan fingerprint density at radius 3 is 2.12 bits per heavy atom. The van der Waals surface area contributed by atoms with E-state index in [-0.39, 0.29) is 29.8 Å². The lowest BCUT2D eigenvalue weighted by Gasteiger charge is -2.22. The molecule has 0 aliphatic carbocycles. The lowest BCUT2D eigenvalue weighted by molar-refractivity contribution is -0.692. The summed E-state index contributed by atoms with van der Waals surface area (Å²) in [6, 6.07) is 8.87. The van der Waals surface area contributed by atoms with Gasteiger partial charge in [0.25, 0.3) is 5.91 Å². The number of nitrogens with two attached hydrogens (primary N) is 1. The Morgan fingerprint density at radius 2 is 1.67 bits per heavy atom. The molecule has 4 N–H and O–H groups in total. The molecule has 0 aromatic heterocycles. The number of benzene rings is 1. The SMILES string of the molecule is CNC(=O)CNC(=O)C[NH2+][C@@H](c1ccc(C(C)(C)C)cc1)C(C)C. The maximum atomic E-state index is 11.9. The molecule has 0 saturated carbocycles. The Balaban J connectivity index is 2.67. The summed E-state index contributed by atoms with van der Waals surface area (Å²) in [5, 5.41) is 7.15. The van der Waals surface area contributed by atoms with Crippen LogP contribution in [0.5, 0.6) is 0 Å². The van der Waals surface area contributed by atoms with E-state index in [0.29, 0.717) is 12.5 Å². The van der Waals surface area contributed by atoms with Gasteiger partial charge >= 0.3 is 0 Å². The minimum atomic E-state index is -0.193. The Labute approximate surface area is 145 Å². The summed E-state index contributed by atoms with van der Waals surface area (Å²) < 4.78 is 0. The van der Waals surface area contributed by atoms with Gasteiger partial charge in [-0.2, -0.15) is 0 Å². The summed E-state index contributed by atoms with van der Waals surface area (Å²) in [5.41, 5.74) is 2.66. The minimum Gasteiger partial charge on any atom is -0.358 e. The summed E-state index contributed by atoms with van der Waals surface area (Å²) in [7, 11) is 1.55. The zero-order valence-corrected chi connectivity index (χ0v) is 15.8. The second-order valence-corrected chi connectivity index (χ2v) is 7.53. The van der Waals surface area contributed by atoms with Crippen LogP contribution in [0.3, 0.4) is 0 Å². The van der Waals surface area contributed by atoms with Crippen molar-refractivity contribution in [1.29, 1.82) is 0 Å². The van der Waals surface area contributed by atoms with Gasteiger partial charge in [-0.15, -0.1) is 0 Å². The number of carbonyl (C=O) groups excluding carboxylic acids is 2. The summed E-state index contributed by atoms with van der Waals surface area (Å²) >= 11 is 0. The third-order valence-electron chi connectivity index (χ3n) is 4.16. The van der Waals surface area contributed by atoms with E-state index in [9.17, 15) is 9.59 Å². The predicted molar refractivity (Wildman–Crippen MR) is 96.6 cm³/mol. The van der Waals surface area contributed by atoms with Crippen LogP contribution < -0.4 is 16.0 Å². The first-order chi connectivity index (χ1) is 11.1. The Morgan fingerprint density at radius 1 is 1.08 bits per heavy atom. The molecule has 0 radical (unpaired) electrons. The molecule has 0 aliphatic rings. The fraction of sp³-hybridized carbons (Fsp3) is 0.579. The third kappa shape index (κ3) is 6.32. The molecular weight excluding hydrogens is 302 g/mol. The van der Waals surface area contributed by atoms with Crippen molar-refractivity contribution < 1.29 is 14.9 Å². The van der Waals surface area contributed by atoms with Crippen molar-refractivity contribution in [1.82, 2.24) is 10.6 Å². The van der Waals surface area contributed by atoms with Crippen molar-refractivity contribution >= 4 is 11.8 Å². The summed E-state index contributed by atoms with van der Waals surface area (Å²) in [5.74, 6) is 0.0781. The molecule has 0 unspecified atom stereocenters. The van der Waals surface area contributed by atoms with Crippen molar-refractivity contribution in [3.63, 3.8) is 0 Å². The van der Waals surface area contributed by atoms with Crippen molar-refractivity contribution in [2.24, 2.45) is 5.92 Å². The first kappa shape index (κ1) is 20.2. The van der Waals surface area contributed by atoms with Crippen LogP contribution in [0.1, 0.15) is 51.8 Å². The second kappa shape index (κ2) is 8.83. The van der Waals surface area contributed by atoms with Crippen molar-refractivity contribution in [3.8, 4) is 0 Å². The quantitative estimate of drug-likeness (QED) is 0.699. The number of rotatable bonds is 7. The highest BCUT2D eigenvalue weighted by Gasteiger charge is 2.21. The average molecular weight is 334 g/mol. The van der Waals surface area contributed by atoms with Gasteiger partial charge in [-0.05, 0) is 11.0 Å². The number of nitrogens with one attached hydrogen (secondary N) is 2. The molecule has 0 aliphatic heterocycles. The molecule has 1 aromatic carbocycles. The van der Waals surface area contributed by atoms with Gasteiger partial charge in [0.05, 0.1) is 6.54 Å². The Bertz CT molecular complexity index is 545. The van der Waals surface area contributed by atoms with Crippen LogP contribution in [-0.2, 0) is 15.0 Å². The van der Waals surface area contributed by atoms with Crippen molar-refractivity contribution in [3.05, 3.63) is 35.4 Å². The van der Waals surface area contributed by atoms with Gasteiger partial charge in [0, 0.05) is 18.5 Å². The number of amides is 2. The highest BCUT2D eigenvalue weighted by Crippen LogP contribution is 2.25. The fourth-order valence-corrected chi connectivity index (χ4v) is 2.57. The lowest BCUT2D eigenvalue weighted by atomic mass is 9.85. The first-order valence-corrected chi connectivity index (χ1v) is 8.56. The molecular formula is C19H32N3O2+. The van der Waals surface area contributed by atoms with Gasteiger partial charge in [-0.1, -0.05) is 58.9 Å². The van der Waals surface area contributed by atoms with Crippen LogP contribution in [-0.4, -0.2) is 32.0 Å². The molecule has 1 rings (SSSR count). The number of quaternary nitrogens is 1. The number of hydrogen-bond acceptors (Lipinski definition) is 2. The Kier molecular flexibility index (Phi) is 7.42. The van der Waals surface area contributed by atoms with Gasteiger partial charge in [0.15, 0.2) is 6.54 Å². The van der Waals surface area contributed by atoms with Gasteiger partial charge in [-0.25, -0.2) is 0 Å². The minimum absolute atomic E-state index is 0.0236. The standard InChI is InChI=1S/C19H31N3O2/c1-13(2)18(22-12-17(24)21-11-16(23)20-6)14-7-9-15(10-8-14)19(3,4)5/h7-10,13,18,22H,11-12H2,1-6H3,(H,20,23)(H,21,24)/p+1/t18-/m1/s1. The normalized spacial score (nSPS) is 12.8. The molecule has 1 atom stereocenters. The molecule has 24 heavy (non-hydrogen) atoms. The lowest BCUT2D eigenvalue weighted by Crippen LogP contribution is -2.88. The van der Waals surface area contributed by atoms with Crippen LogP contribution in [0.2, 0.25) is 0 Å². The van der Waals surface area contributed by atoms with E-state index in [0.717, 1.165) is 0 Å². The smallest absolute Gasteiger partial charge is 0.275 e. The van der Waals surface area contributed by atoms with Crippen molar-refractivity contribution in [2.45, 2.75) is 46.1 Å². The molecule has 1 aromatic rings. The zero-order valence-electron chi connectivity index (χ0n) is 15.8. The van der Waals surface area contributed by atoms with Gasteiger partial charge in [0.1, 0.15) is 6.04 Å². The predicted octanol–water partition coefficient (Wildman–Crippen LogP) is 1.11. The molecule has 2 amide bonds. The molecule has 134 valence electrons. The average Bonchev–Trinajstić information content (AvgIpc) is 2.52. The van der Waals surface area contributed by atoms with Gasteiger partial charge < -0.3 is 16.0 Å². The van der Waals surface area contributed by atoms with Crippen LogP contribution in [0.15, 0.2) is 24.3 Å². The second-order valence-electron chi connectivity index (χ2n) is 7.53. The summed E-state index contributed by atoms with van der Waals surface area (Å²) in [6.07, 6.45) is 0. The van der Waals surface area contributed by atoms with Crippen LogP contribution in [0, 0.1) is 5.92 Å². The van der Waals surface area contributed by atoms with E-state index in [4.69, 9.17) is 0 Å². The largest absolute Gasteiger partial charge is 0.358 e. The molecule has 5 nitrogen and oxygen atoms in total. The van der Waals surface area contributed by atoms with E-state index >= 15 is 0 Å². The van der Waals surface area contributed by atoms with E-state index in [1.807, 2.05) is 5.32 Å². The molecule has 0 saturated heterocycles. The molecule has 0 heterocycles. The van der Waals surface area contributed by atoms with Crippen LogP contribution >= 0.6 is 0 Å². The topological polar surface area (TPSA) is 74.8 Å². The first-order valence-electron chi connectivity index (χ1n) is 8.56. The zero-order chi connectivity index (χ0) is 18.3. The van der Waals surface area contributed by atoms with Crippen LogP contribution in [0.4, 0.5) is 0 Å². The van der Waals surface area contributed by atoms with E-state index in [1.54, 1.807) is 7.05 Å². The molecule has 5 heteroatoms. The Hall–Kier alpha value is -1.88. The highest BCUT2D eigenvalue weighted by molar-refractivity contribution is 5.84. The molecule has 0 fully saturated rings. The van der Waals surface area contributed by atoms with Crippen molar-refractivity contribution in [2.75, 3.05) is 20.1 Å². The van der Waals surface area contributed by atoms with Gasteiger partial charge in [-0.3, -0.25) is 9.59 Å². The summed E-state index contributed by atoms with van der Waals surface area (Å²) in [4.78, 5) is 23.0. The van der Waals surface area contributed by atoms with E-state index in [1.165, 1.54) is 11.1 Å². The summed E-state index contributed by atoms with van der Waals surface area (Å²) in [6.45, 7) is 11.2. The molecule has 0 spiro atoms. The fourth-order valence-electron chi connectivity index (χ4n) is 2.57. The maximum Gasteiger partial charge on any atom is 0.275 e. The van der Waals surface area contributed by atoms with E-state index in [2.05, 4.69) is 69.5 Å². The molecule has 0 bridgehead atoms. The monoisotopic (exact) mass is 334 g/mol. The number of carbonyl (C=O) groups is 2. The number of likely N-dealkylation sites (N-methyl/N-ethyl adjacent to an activating group) is 1. The van der Waals surface area contributed by atoms with E-state index < -0.39 is 0 Å².